The largest absolute Gasteiger partial charge is 0.490 e. The van der Waals surface area contributed by atoms with Gasteiger partial charge < -0.3 is 19.4 Å². The Morgan fingerprint density at radius 2 is 2.05 bits per heavy atom. The Morgan fingerprint density at radius 1 is 1.30 bits per heavy atom. The molecule has 2 aliphatic heterocycles. The van der Waals surface area contributed by atoms with Crippen molar-refractivity contribution < 1.29 is 24.2 Å². The van der Waals surface area contributed by atoms with Crippen LogP contribution >= 0.6 is 0 Å². The van der Waals surface area contributed by atoms with Gasteiger partial charge in [-0.15, -0.1) is 0 Å². The van der Waals surface area contributed by atoms with Crippen LogP contribution < -0.4 is 9.47 Å². The highest BCUT2D eigenvalue weighted by Crippen LogP contribution is 2.33. The Labute approximate surface area is 115 Å². The fraction of sp³-hybridized carbons (Fsp3) is 0.429. The van der Waals surface area contributed by atoms with Gasteiger partial charge in [0.1, 0.15) is 0 Å². The van der Waals surface area contributed by atoms with E-state index in [4.69, 9.17) is 19.4 Å². The first-order valence-corrected chi connectivity index (χ1v) is 6.47. The monoisotopic (exact) mass is 277 g/mol. The molecule has 106 valence electrons. The number of oxime groups is 1. The van der Waals surface area contributed by atoms with E-state index in [0.717, 1.165) is 12.0 Å². The molecule has 1 unspecified atom stereocenters. The van der Waals surface area contributed by atoms with Crippen LogP contribution in [-0.4, -0.2) is 35.6 Å². The topological polar surface area (TPSA) is 77.4 Å². The van der Waals surface area contributed by atoms with Gasteiger partial charge in [-0.05, 0) is 25.1 Å². The fourth-order valence-electron chi connectivity index (χ4n) is 2.15. The summed E-state index contributed by atoms with van der Waals surface area (Å²) in [6.45, 7) is 2.74. The lowest BCUT2D eigenvalue weighted by molar-refractivity contribution is -0.160. The molecule has 0 amide bonds. The normalized spacial score (nSPS) is 24.6. The van der Waals surface area contributed by atoms with E-state index in [9.17, 15) is 4.79 Å². The van der Waals surface area contributed by atoms with Gasteiger partial charge in [0.25, 0.3) is 0 Å². The maximum Gasteiger partial charge on any atom is 0.351 e. The Morgan fingerprint density at radius 3 is 2.75 bits per heavy atom. The van der Waals surface area contributed by atoms with Gasteiger partial charge in [0.2, 0.25) is 5.60 Å². The molecule has 1 atom stereocenters. The van der Waals surface area contributed by atoms with Gasteiger partial charge in [0.05, 0.1) is 18.9 Å². The standard InChI is InChI=1S/C14H15NO5/c1-14(13(16)17)8-10(15-20-14)9-3-4-11-12(7-9)19-6-2-5-18-11/h3-4,7H,2,5-6,8H2,1H3,(H,16,17). The Kier molecular flexibility index (Phi) is 3.00. The molecule has 3 rings (SSSR count). The minimum atomic E-state index is -1.29. The van der Waals surface area contributed by atoms with Gasteiger partial charge in [0, 0.05) is 18.4 Å². The summed E-state index contributed by atoms with van der Waals surface area (Å²) in [5.41, 5.74) is 0.101. The molecule has 0 aliphatic carbocycles. The average molecular weight is 277 g/mol. The van der Waals surface area contributed by atoms with Gasteiger partial charge in [0.15, 0.2) is 11.5 Å². The molecule has 2 aliphatic rings. The predicted molar refractivity (Wildman–Crippen MR) is 70.3 cm³/mol. The molecule has 1 aromatic carbocycles. The van der Waals surface area contributed by atoms with Gasteiger partial charge in [-0.3, -0.25) is 0 Å². The first-order chi connectivity index (χ1) is 9.58. The fourth-order valence-corrected chi connectivity index (χ4v) is 2.15. The van der Waals surface area contributed by atoms with Crippen molar-refractivity contribution in [2.24, 2.45) is 5.16 Å². The molecule has 0 fully saturated rings. The van der Waals surface area contributed by atoms with Crippen molar-refractivity contribution in [1.82, 2.24) is 0 Å². The highest BCUT2D eigenvalue weighted by atomic mass is 16.7. The van der Waals surface area contributed by atoms with E-state index in [2.05, 4.69) is 5.16 Å². The van der Waals surface area contributed by atoms with Crippen LogP contribution in [0.25, 0.3) is 0 Å². The number of hydrogen-bond donors (Lipinski definition) is 1. The van der Waals surface area contributed by atoms with Crippen molar-refractivity contribution in [2.75, 3.05) is 13.2 Å². The molecular weight excluding hydrogens is 262 g/mol. The predicted octanol–water partition coefficient (Wildman–Crippen LogP) is 1.82. The summed E-state index contributed by atoms with van der Waals surface area (Å²) in [5.74, 6) is 0.337. The molecule has 0 saturated heterocycles. The summed E-state index contributed by atoms with van der Waals surface area (Å²) >= 11 is 0. The van der Waals surface area contributed by atoms with Gasteiger partial charge >= 0.3 is 5.97 Å². The Bertz CT molecular complexity index is 583. The zero-order chi connectivity index (χ0) is 14.2. The van der Waals surface area contributed by atoms with Crippen molar-refractivity contribution in [3.63, 3.8) is 0 Å². The highest BCUT2D eigenvalue weighted by Gasteiger charge is 2.42. The molecule has 0 bridgehead atoms. The molecule has 20 heavy (non-hydrogen) atoms. The van der Waals surface area contributed by atoms with E-state index in [1.54, 1.807) is 0 Å². The lowest BCUT2D eigenvalue weighted by Gasteiger charge is -2.14. The minimum Gasteiger partial charge on any atom is -0.490 e. The van der Waals surface area contributed by atoms with Crippen molar-refractivity contribution in [3.8, 4) is 11.5 Å². The number of ether oxygens (including phenoxy) is 2. The van der Waals surface area contributed by atoms with E-state index in [-0.39, 0.29) is 6.42 Å². The van der Waals surface area contributed by atoms with Crippen LogP contribution in [0.5, 0.6) is 11.5 Å². The van der Waals surface area contributed by atoms with Crippen LogP contribution in [0.2, 0.25) is 0 Å². The third-order valence-electron chi connectivity index (χ3n) is 3.40. The van der Waals surface area contributed by atoms with Crippen molar-refractivity contribution in [2.45, 2.75) is 25.4 Å². The summed E-state index contributed by atoms with van der Waals surface area (Å²) in [7, 11) is 0. The van der Waals surface area contributed by atoms with Crippen LogP contribution in [0.15, 0.2) is 23.4 Å². The maximum absolute atomic E-state index is 11.1. The van der Waals surface area contributed by atoms with Crippen LogP contribution in [-0.2, 0) is 9.63 Å². The van der Waals surface area contributed by atoms with Gasteiger partial charge in [-0.1, -0.05) is 5.16 Å². The number of carboxylic acids is 1. The highest BCUT2D eigenvalue weighted by molar-refractivity contribution is 6.04. The number of hydrogen-bond acceptors (Lipinski definition) is 5. The van der Waals surface area contributed by atoms with Crippen molar-refractivity contribution in [1.29, 1.82) is 0 Å². The summed E-state index contributed by atoms with van der Waals surface area (Å²) in [6, 6.07) is 5.47. The Hall–Kier alpha value is -2.24. The quantitative estimate of drug-likeness (QED) is 0.892. The van der Waals surface area contributed by atoms with E-state index >= 15 is 0 Å². The molecule has 6 nitrogen and oxygen atoms in total. The van der Waals surface area contributed by atoms with Crippen molar-refractivity contribution in [3.05, 3.63) is 23.8 Å². The number of nitrogens with zero attached hydrogens (tertiary/aromatic N) is 1. The minimum absolute atomic E-state index is 0.224. The van der Waals surface area contributed by atoms with E-state index in [0.29, 0.717) is 30.4 Å². The third-order valence-corrected chi connectivity index (χ3v) is 3.40. The SMILES string of the molecule is CC1(C(=O)O)CC(c2ccc3c(c2)OCCCO3)=NO1. The third kappa shape index (κ3) is 2.17. The van der Waals surface area contributed by atoms with E-state index < -0.39 is 11.6 Å². The molecule has 1 aromatic rings. The lowest BCUT2D eigenvalue weighted by Crippen LogP contribution is -2.35. The van der Waals surface area contributed by atoms with Crippen LogP contribution in [0.1, 0.15) is 25.3 Å². The second-order valence-electron chi connectivity index (χ2n) is 5.05. The molecule has 0 saturated carbocycles. The number of carbonyl (C=O) groups is 1. The number of benzene rings is 1. The number of carboxylic acid groups (broad SMARTS) is 1. The summed E-state index contributed by atoms with van der Waals surface area (Å²) < 4.78 is 11.2. The molecule has 0 radical (unpaired) electrons. The summed E-state index contributed by atoms with van der Waals surface area (Å²) in [6.07, 6.45) is 1.06. The average Bonchev–Trinajstić information content (AvgIpc) is 2.70. The number of fused-ring (bicyclic) bond motifs is 1. The molecule has 0 aromatic heterocycles. The molecular formula is C14H15NO5. The number of aliphatic carboxylic acids is 1. The number of rotatable bonds is 2. The lowest BCUT2D eigenvalue weighted by atomic mass is 9.96. The van der Waals surface area contributed by atoms with Crippen molar-refractivity contribution >= 4 is 11.7 Å². The van der Waals surface area contributed by atoms with Gasteiger partial charge in [-0.25, -0.2) is 4.79 Å². The smallest absolute Gasteiger partial charge is 0.351 e. The summed E-state index contributed by atoms with van der Waals surface area (Å²) in [5, 5.41) is 13.0. The second kappa shape index (κ2) is 4.70. The van der Waals surface area contributed by atoms with E-state index in [1.807, 2.05) is 18.2 Å². The van der Waals surface area contributed by atoms with E-state index in [1.165, 1.54) is 6.92 Å². The Balaban J connectivity index is 1.86. The van der Waals surface area contributed by atoms with Crippen LogP contribution in [0.4, 0.5) is 0 Å². The zero-order valence-electron chi connectivity index (χ0n) is 11.1. The summed E-state index contributed by atoms with van der Waals surface area (Å²) in [4.78, 5) is 16.2. The molecule has 0 spiro atoms. The second-order valence-corrected chi connectivity index (χ2v) is 5.05. The molecule has 2 heterocycles. The first-order valence-electron chi connectivity index (χ1n) is 6.47. The van der Waals surface area contributed by atoms with Crippen LogP contribution in [0, 0.1) is 0 Å². The molecule has 6 heteroatoms. The van der Waals surface area contributed by atoms with Crippen LogP contribution in [0.3, 0.4) is 0 Å². The maximum atomic E-state index is 11.1. The zero-order valence-corrected chi connectivity index (χ0v) is 11.1. The molecule has 1 N–H and O–H groups in total. The van der Waals surface area contributed by atoms with Gasteiger partial charge in [-0.2, -0.15) is 0 Å². The first kappa shape index (κ1) is 12.8.